The summed E-state index contributed by atoms with van der Waals surface area (Å²) in [6, 6.07) is 18.7. The van der Waals surface area contributed by atoms with Crippen molar-refractivity contribution in [1.29, 1.82) is 0 Å². The molecule has 30 heavy (non-hydrogen) atoms. The molecule has 0 N–H and O–H groups in total. The van der Waals surface area contributed by atoms with Crippen LogP contribution in [0.2, 0.25) is 0 Å². The van der Waals surface area contributed by atoms with E-state index in [1.165, 1.54) is 18.2 Å². The third-order valence-electron chi connectivity index (χ3n) is 4.88. The fourth-order valence-corrected chi connectivity index (χ4v) is 3.50. The SMILES string of the molecule is O=C(Cn1c2ccccc2c(=O)c2ccccc21)OCc1ccccc1C(F)(F)F. The van der Waals surface area contributed by atoms with Crippen molar-refractivity contribution in [2.45, 2.75) is 19.3 Å². The van der Waals surface area contributed by atoms with Gasteiger partial charge in [0.1, 0.15) is 13.2 Å². The first kappa shape index (κ1) is 19.7. The number of ether oxygens (including phenoxy) is 1. The summed E-state index contributed by atoms with van der Waals surface area (Å²) in [6.45, 7) is -0.736. The van der Waals surface area contributed by atoms with Gasteiger partial charge in [0.15, 0.2) is 5.43 Å². The molecule has 0 aliphatic carbocycles. The van der Waals surface area contributed by atoms with Gasteiger partial charge in [0, 0.05) is 16.3 Å². The molecule has 0 saturated heterocycles. The molecule has 1 aromatic heterocycles. The van der Waals surface area contributed by atoms with Gasteiger partial charge in [0.25, 0.3) is 0 Å². The molecule has 152 valence electrons. The molecule has 0 fully saturated rings. The lowest BCUT2D eigenvalue weighted by Crippen LogP contribution is -2.19. The summed E-state index contributed by atoms with van der Waals surface area (Å²) in [5.41, 5.74) is -0.00219. The highest BCUT2D eigenvalue weighted by Crippen LogP contribution is 2.32. The number of pyridine rings is 1. The number of para-hydroxylation sites is 2. The lowest BCUT2D eigenvalue weighted by atomic mass is 10.1. The lowest BCUT2D eigenvalue weighted by molar-refractivity contribution is -0.148. The Balaban J connectivity index is 1.66. The highest BCUT2D eigenvalue weighted by molar-refractivity contribution is 5.94. The van der Waals surface area contributed by atoms with Crippen LogP contribution in [0.3, 0.4) is 0 Å². The molecule has 0 radical (unpaired) electrons. The Hall–Kier alpha value is -3.61. The molecule has 0 aliphatic heterocycles. The Kier molecular flexibility index (Phi) is 5.03. The summed E-state index contributed by atoms with van der Waals surface area (Å²) in [5, 5.41) is 0.901. The molecule has 0 amide bonds. The fraction of sp³-hybridized carbons (Fsp3) is 0.130. The van der Waals surface area contributed by atoms with Gasteiger partial charge in [-0.25, -0.2) is 0 Å². The smallest absolute Gasteiger partial charge is 0.416 e. The Morgan fingerprint density at radius 2 is 1.37 bits per heavy atom. The summed E-state index contributed by atoms with van der Waals surface area (Å²) in [7, 11) is 0. The van der Waals surface area contributed by atoms with Crippen molar-refractivity contribution in [1.82, 2.24) is 4.57 Å². The Morgan fingerprint density at radius 3 is 1.97 bits per heavy atom. The van der Waals surface area contributed by atoms with Gasteiger partial charge in [-0.1, -0.05) is 42.5 Å². The molecule has 1 heterocycles. The molecule has 0 atom stereocenters. The van der Waals surface area contributed by atoms with Crippen molar-refractivity contribution < 1.29 is 22.7 Å². The molecule has 4 rings (SSSR count). The molecular formula is C23H16F3NO3. The second kappa shape index (κ2) is 7.67. The predicted octanol–water partition coefficient (Wildman–Crippen LogP) is 4.92. The van der Waals surface area contributed by atoms with Crippen LogP contribution in [0, 0.1) is 0 Å². The van der Waals surface area contributed by atoms with Crippen LogP contribution in [0.1, 0.15) is 11.1 Å². The van der Waals surface area contributed by atoms with Crippen LogP contribution in [-0.2, 0) is 28.9 Å². The van der Waals surface area contributed by atoms with Gasteiger partial charge in [0.05, 0.1) is 16.6 Å². The summed E-state index contributed by atoms with van der Waals surface area (Å²) in [4.78, 5) is 25.2. The number of hydrogen-bond donors (Lipinski definition) is 0. The minimum absolute atomic E-state index is 0.118. The molecule has 0 bridgehead atoms. The Morgan fingerprint density at radius 1 is 0.833 bits per heavy atom. The van der Waals surface area contributed by atoms with Gasteiger partial charge in [-0.2, -0.15) is 13.2 Å². The van der Waals surface area contributed by atoms with Crippen LogP contribution in [0.4, 0.5) is 13.2 Å². The van der Waals surface area contributed by atoms with E-state index in [9.17, 15) is 22.8 Å². The third kappa shape index (κ3) is 3.66. The van der Waals surface area contributed by atoms with Gasteiger partial charge in [-0.05, 0) is 30.3 Å². The number of benzene rings is 3. The molecule has 4 aromatic rings. The zero-order valence-electron chi connectivity index (χ0n) is 15.6. The zero-order chi connectivity index (χ0) is 21.3. The van der Waals surface area contributed by atoms with E-state index in [0.29, 0.717) is 21.8 Å². The number of carbonyl (C=O) groups excluding carboxylic acids is 1. The first-order valence-corrected chi connectivity index (χ1v) is 9.17. The number of rotatable bonds is 4. The van der Waals surface area contributed by atoms with Crippen molar-refractivity contribution >= 4 is 27.8 Å². The van der Waals surface area contributed by atoms with E-state index in [-0.39, 0.29) is 17.5 Å². The van der Waals surface area contributed by atoms with Crippen molar-refractivity contribution in [3.63, 3.8) is 0 Å². The lowest BCUT2D eigenvalue weighted by Gasteiger charge is -2.16. The van der Waals surface area contributed by atoms with Crippen molar-refractivity contribution in [2.24, 2.45) is 0 Å². The number of fused-ring (bicyclic) bond motifs is 2. The highest BCUT2D eigenvalue weighted by atomic mass is 19.4. The van der Waals surface area contributed by atoms with E-state index < -0.39 is 24.3 Å². The predicted molar refractivity (Wildman–Crippen MR) is 107 cm³/mol. The number of halogens is 3. The van der Waals surface area contributed by atoms with Crippen molar-refractivity contribution in [3.05, 3.63) is 94.1 Å². The summed E-state index contributed by atoms with van der Waals surface area (Å²) in [6.07, 6.45) is -4.53. The molecule has 0 aliphatic rings. The second-order valence-electron chi connectivity index (χ2n) is 6.77. The first-order chi connectivity index (χ1) is 14.4. The first-order valence-electron chi connectivity index (χ1n) is 9.17. The van der Waals surface area contributed by atoms with Gasteiger partial charge in [-0.3, -0.25) is 9.59 Å². The van der Waals surface area contributed by atoms with Crippen LogP contribution < -0.4 is 5.43 Å². The van der Waals surface area contributed by atoms with Crippen LogP contribution in [-0.4, -0.2) is 10.5 Å². The van der Waals surface area contributed by atoms with Crippen LogP contribution in [0.15, 0.2) is 77.6 Å². The van der Waals surface area contributed by atoms with E-state index in [0.717, 1.165) is 6.07 Å². The standard InChI is InChI=1S/C23H16F3NO3/c24-23(25,26)18-10-4-1-7-15(18)14-30-21(28)13-27-19-11-5-2-8-16(19)22(29)17-9-3-6-12-20(17)27/h1-12H,13-14H2. The number of esters is 1. The van der Waals surface area contributed by atoms with Crippen LogP contribution in [0.25, 0.3) is 21.8 Å². The maximum Gasteiger partial charge on any atom is 0.416 e. The quantitative estimate of drug-likeness (QED) is 0.354. The summed E-state index contributed by atoms with van der Waals surface area (Å²) < 4.78 is 46.2. The van der Waals surface area contributed by atoms with E-state index in [2.05, 4.69) is 0 Å². The highest BCUT2D eigenvalue weighted by Gasteiger charge is 2.33. The molecular weight excluding hydrogens is 395 g/mol. The Labute approximate surface area is 169 Å². The second-order valence-corrected chi connectivity index (χ2v) is 6.77. The van der Waals surface area contributed by atoms with E-state index in [1.54, 1.807) is 53.1 Å². The third-order valence-corrected chi connectivity index (χ3v) is 4.88. The fourth-order valence-electron chi connectivity index (χ4n) is 3.50. The number of carbonyl (C=O) groups is 1. The van der Waals surface area contributed by atoms with Crippen molar-refractivity contribution in [2.75, 3.05) is 0 Å². The monoisotopic (exact) mass is 411 g/mol. The molecule has 3 aromatic carbocycles. The number of nitrogens with zero attached hydrogens (tertiary/aromatic N) is 1. The van der Waals surface area contributed by atoms with Gasteiger partial charge in [0.2, 0.25) is 0 Å². The molecule has 4 nitrogen and oxygen atoms in total. The maximum absolute atomic E-state index is 13.1. The molecule has 0 saturated carbocycles. The van der Waals surface area contributed by atoms with Crippen molar-refractivity contribution in [3.8, 4) is 0 Å². The molecule has 7 heteroatoms. The Bertz CT molecular complexity index is 1250. The van der Waals surface area contributed by atoms with Gasteiger partial charge < -0.3 is 9.30 Å². The number of hydrogen-bond acceptors (Lipinski definition) is 3. The van der Waals surface area contributed by atoms with Crippen LogP contribution >= 0.6 is 0 Å². The minimum atomic E-state index is -4.53. The average Bonchev–Trinajstić information content (AvgIpc) is 2.75. The normalized spacial score (nSPS) is 11.7. The summed E-state index contributed by atoms with van der Waals surface area (Å²) >= 11 is 0. The summed E-state index contributed by atoms with van der Waals surface area (Å²) in [5.74, 6) is -0.703. The van der Waals surface area contributed by atoms with E-state index in [1.807, 2.05) is 0 Å². The van der Waals surface area contributed by atoms with E-state index in [4.69, 9.17) is 4.74 Å². The molecule has 0 unspecified atom stereocenters. The maximum atomic E-state index is 13.1. The topological polar surface area (TPSA) is 48.3 Å². The number of alkyl halides is 3. The van der Waals surface area contributed by atoms with Crippen LogP contribution in [0.5, 0.6) is 0 Å². The molecule has 0 spiro atoms. The van der Waals surface area contributed by atoms with Gasteiger partial charge >= 0.3 is 12.1 Å². The zero-order valence-corrected chi connectivity index (χ0v) is 15.6. The number of aromatic nitrogens is 1. The van der Waals surface area contributed by atoms with E-state index >= 15 is 0 Å². The minimum Gasteiger partial charge on any atom is -0.459 e. The average molecular weight is 411 g/mol. The van der Waals surface area contributed by atoms with Gasteiger partial charge in [-0.15, -0.1) is 0 Å². The largest absolute Gasteiger partial charge is 0.459 e.